The molecule has 2 aliphatic rings. The standard InChI is InChI=1S/C15H24N4O4S/c1-24(21,22)13-9-16-17-15(13)12-3-2-4-18(10-12)11-14(20)19-5-7-23-8-6-19/h9,12H,2-8,10-11H2,1H3,(H,16,17)/t12-/m1/s1. The van der Waals surface area contributed by atoms with Crippen molar-refractivity contribution in [2.75, 3.05) is 52.2 Å². The van der Waals surface area contributed by atoms with Crippen molar-refractivity contribution in [2.45, 2.75) is 23.7 Å². The second-order valence-corrected chi connectivity index (χ2v) is 8.47. The number of carbonyl (C=O) groups is 1. The van der Waals surface area contributed by atoms with Gasteiger partial charge in [-0.05, 0) is 19.4 Å². The molecule has 1 aromatic rings. The molecule has 3 heterocycles. The van der Waals surface area contributed by atoms with Gasteiger partial charge in [-0.25, -0.2) is 8.42 Å². The van der Waals surface area contributed by atoms with Crippen molar-refractivity contribution in [2.24, 2.45) is 0 Å². The number of carbonyl (C=O) groups excluding carboxylic acids is 1. The zero-order chi connectivity index (χ0) is 17.2. The number of aromatic nitrogens is 2. The number of aromatic amines is 1. The maximum Gasteiger partial charge on any atom is 0.236 e. The van der Waals surface area contributed by atoms with Crippen molar-refractivity contribution in [3.05, 3.63) is 11.9 Å². The van der Waals surface area contributed by atoms with Crippen LogP contribution in [0.3, 0.4) is 0 Å². The van der Waals surface area contributed by atoms with E-state index in [0.717, 1.165) is 19.4 Å². The molecule has 0 radical (unpaired) electrons. The van der Waals surface area contributed by atoms with Gasteiger partial charge in [0.1, 0.15) is 4.90 Å². The average molecular weight is 356 g/mol. The number of amides is 1. The summed E-state index contributed by atoms with van der Waals surface area (Å²) in [7, 11) is -3.30. The quantitative estimate of drug-likeness (QED) is 0.806. The van der Waals surface area contributed by atoms with E-state index in [-0.39, 0.29) is 16.7 Å². The van der Waals surface area contributed by atoms with Gasteiger partial charge in [0.2, 0.25) is 5.91 Å². The van der Waals surface area contributed by atoms with Gasteiger partial charge in [0.25, 0.3) is 0 Å². The van der Waals surface area contributed by atoms with E-state index in [1.54, 1.807) is 0 Å². The van der Waals surface area contributed by atoms with E-state index in [0.29, 0.717) is 45.1 Å². The van der Waals surface area contributed by atoms with Crippen molar-refractivity contribution in [1.82, 2.24) is 20.0 Å². The number of nitrogens with one attached hydrogen (secondary N) is 1. The molecule has 0 aliphatic carbocycles. The van der Waals surface area contributed by atoms with E-state index in [1.807, 2.05) is 4.90 Å². The van der Waals surface area contributed by atoms with Crippen LogP contribution < -0.4 is 0 Å². The third-order valence-corrected chi connectivity index (χ3v) is 5.79. The lowest BCUT2D eigenvalue weighted by Gasteiger charge is -2.34. The maximum atomic E-state index is 12.4. The normalized spacial score (nSPS) is 23.4. The SMILES string of the molecule is CS(=O)(=O)c1cn[nH]c1[C@@H]1CCCN(CC(=O)N2CCOCC2)C1. The molecule has 0 bridgehead atoms. The lowest BCUT2D eigenvalue weighted by Crippen LogP contribution is -2.47. The van der Waals surface area contributed by atoms with Gasteiger partial charge < -0.3 is 9.64 Å². The first-order valence-corrected chi connectivity index (χ1v) is 10.2. The molecule has 1 amide bonds. The number of sulfone groups is 1. The minimum Gasteiger partial charge on any atom is -0.378 e. The molecule has 1 atom stereocenters. The maximum absolute atomic E-state index is 12.4. The van der Waals surface area contributed by atoms with Gasteiger partial charge in [-0.2, -0.15) is 5.10 Å². The molecule has 24 heavy (non-hydrogen) atoms. The fourth-order valence-corrected chi connectivity index (χ4v) is 4.27. The fraction of sp³-hybridized carbons (Fsp3) is 0.733. The van der Waals surface area contributed by atoms with Crippen LogP contribution in [0.1, 0.15) is 24.5 Å². The van der Waals surface area contributed by atoms with Crippen LogP contribution in [0.2, 0.25) is 0 Å². The highest BCUT2D eigenvalue weighted by molar-refractivity contribution is 7.90. The number of H-pyrrole nitrogens is 1. The third kappa shape index (κ3) is 3.96. The first-order chi connectivity index (χ1) is 11.4. The monoisotopic (exact) mass is 356 g/mol. The highest BCUT2D eigenvalue weighted by Crippen LogP contribution is 2.29. The van der Waals surface area contributed by atoms with Gasteiger partial charge in [-0.15, -0.1) is 0 Å². The number of rotatable bonds is 4. The number of nitrogens with zero attached hydrogens (tertiary/aromatic N) is 3. The number of likely N-dealkylation sites (tertiary alicyclic amines) is 1. The predicted molar refractivity (Wildman–Crippen MR) is 87.5 cm³/mol. The molecule has 134 valence electrons. The van der Waals surface area contributed by atoms with Crippen LogP contribution in [0.5, 0.6) is 0 Å². The smallest absolute Gasteiger partial charge is 0.236 e. The van der Waals surface area contributed by atoms with Crippen molar-refractivity contribution in [3.8, 4) is 0 Å². The summed E-state index contributed by atoms with van der Waals surface area (Å²) >= 11 is 0. The first kappa shape index (κ1) is 17.4. The molecule has 2 saturated heterocycles. The fourth-order valence-electron chi connectivity index (χ4n) is 3.41. The van der Waals surface area contributed by atoms with Gasteiger partial charge in [0.05, 0.1) is 31.6 Å². The van der Waals surface area contributed by atoms with Crippen LogP contribution in [-0.4, -0.2) is 86.5 Å². The Bertz CT molecular complexity index is 681. The summed E-state index contributed by atoms with van der Waals surface area (Å²) < 4.78 is 29.0. The molecule has 0 saturated carbocycles. The summed E-state index contributed by atoms with van der Waals surface area (Å²) in [5.41, 5.74) is 0.668. The zero-order valence-electron chi connectivity index (χ0n) is 13.9. The van der Waals surface area contributed by atoms with Crippen LogP contribution in [0, 0.1) is 0 Å². The Labute approximate surface area is 142 Å². The van der Waals surface area contributed by atoms with Crippen molar-refractivity contribution >= 4 is 15.7 Å². The molecule has 2 fully saturated rings. The van der Waals surface area contributed by atoms with Crippen LogP contribution in [-0.2, 0) is 19.4 Å². The molecule has 1 N–H and O–H groups in total. The second-order valence-electron chi connectivity index (χ2n) is 6.49. The topological polar surface area (TPSA) is 95.6 Å². The van der Waals surface area contributed by atoms with E-state index in [2.05, 4.69) is 15.1 Å². The summed E-state index contributed by atoms with van der Waals surface area (Å²) in [6, 6.07) is 0. The number of ether oxygens (including phenoxy) is 1. The van der Waals surface area contributed by atoms with Gasteiger partial charge >= 0.3 is 0 Å². The predicted octanol–water partition coefficient (Wildman–Crippen LogP) is -0.149. The van der Waals surface area contributed by atoms with E-state index in [9.17, 15) is 13.2 Å². The molecular formula is C15H24N4O4S. The van der Waals surface area contributed by atoms with Gasteiger partial charge in [-0.1, -0.05) is 0 Å². The Balaban J connectivity index is 1.64. The summed E-state index contributed by atoms with van der Waals surface area (Å²) in [6.07, 6.45) is 4.41. The van der Waals surface area contributed by atoms with E-state index in [4.69, 9.17) is 4.74 Å². The number of hydrogen-bond donors (Lipinski definition) is 1. The van der Waals surface area contributed by atoms with Crippen molar-refractivity contribution in [3.63, 3.8) is 0 Å². The van der Waals surface area contributed by atoms with E-state index >= 15 is 0 Å². The van der Waals surface area contributed by atoms with E-state index in [1.165, 1.54) is 12.5 Å². The number of hydrogen-bond acceptors (Lipinski definition) is 6. The zero-order valence-corrected chi connectivity index (χ0v) is 14.7. The largest absolute Gasteiger partial charge is 0.378 e. The van der Waals surface area contributed by atoms with Crippen LogP contribution in [0.4, 0.5) is 0 Å². The van der Waals surface area contributed by atoms with Gasteiger partial charge in [0.15, 0.2) is 9.84 Å². The molecule has 9 heteroatoms. The lowest BCUT2D eigenvalue weighted by molar-refractivity contribution is -0.136. The molecule has 8 nitrogen and oxygen atoms in total. The molecule has 0 spiro atoms. The minimum atomic E-state index is -3.30. The Morgan fingerprint density at radius 1 is 1.38 bits per heavy atom. The molecule has 0 aromatic carbocycles. The Morgan fingerprint density at radius 3 is 2.83 bits per heavy atom. The molecule has 2 aliphatic heterocycles. The first-order valence-electron chi connectivity index (χ1n) is 8.26. The summed E-state index contributed by atoms with van der Waals surface area (Å²) in [5.74, 6) is 0.176. The minimum absolute atomic E-state index is 0.0588. The summed E-state index contributed by atoms with van der Waals surface area (Å²) in [5, 5.41) is 6.76. The van der Waals surface area contributed by atoms with Gasteiger partial charge in [-0.3, -0.25) is 14.8 Å². The molecule has 3 rings (SSSR count). The lowest BCUT2D eigenvalue weighted by atomic mass is 9.95. The number of morpholine rings is 1. The van der Waals surface area contributed by atoms with Crippen LogP contribution in [0.25, 0.3) is 0 Å². The Morgan fingerprint density at radius 2 is 2.12 bits per heavy atom. The third-order valence-electron chi connectivity index (χ3n) is 4.67. The Hall–Kier alpha value is -1.45. The molecular weight excluding hydrogens is 332 g/mol. The molecule has 0 unspecified atom stereocenters. The van der Waals surface area contributed by atoms with Crippen LogP contribution >= 0.6 is 0 Å². The van der Waals surface area contributed by atoms with Crippen molar-refractivity contribution in [1.29, 1.82) is 0 Å². The molecule has 1 aromatic heterocycles. The Kier molecular flexibility index (Phi) is 5.21. The number of piperidine rings is 1. The summed E-state index contributed by atoms with van der Waals surface area (Å²) in [4.78, 5) is 16.6. The highest BCUT2D eigenvalue weighted by atomic mass is 32.2. The highest BCUT2D eigenvalue weighted by Gasteiger charge is 2.29. The summed E-state index contributed by atoms with van der Waals surface area (Å²) in [6.45, 7) is 4.39. The van der Waals surface area contributed by atoms with Crippen LogP contribution in [0.15, 0.2) is 11.1 Å². The second kappa shape index (κ2) is 7.20. The average Bonchev–Trinajstić information content (AvgIpc) is 3.06. The van der Waals surface area contributed by atoms with Crippen molar-refractivity contribution < 1.29 is 17.9 Å². The van der Waals surface area contributed by atoms with Gasteiger partial charge in [0, 0.05) is 31.8 Å². The van der Waals surface area contributed by atoms with E-state index < -0.39 is 9.84 Å².